The number of hydrogen-bond donors (Lipinski definition) is 1. The van der Waals surface area contributed by atoms with Crippen LogP contribution in [0.4, 0.5) is 11.8 Å². The third-order valence-electron chi connectivity index (χ3n) is 6.48. The van der Waals surface area contributed by atoms with Crippen molar-refractivity contribution < 1.29 is 4.79 Å². The molecular formula is C26H30N6O. The summed E-state index contributed by atoms with van der Waals surface area (Å²) < 4.78 is 0. The highest BCUT2D eigenvalue weighted by molar-refractivity contribution is 5.79. The standard InChI is InChI=1S/C26H30N6O/c1-18-15-19(2)28-26(27-18)30-24-11-5-9-22(29-24)23-10-6-13-32(23)25(33)17-31-14-12-20-7-3-4-8-21(20)16-31/h3-5,7-9,11,15,23H,6,10,12-14,16-17H2,1-2H3,(H,27,28,29,30). The Labute approximate surface area is 194 Å². The van der Waals surface area contributed by atoms with Crippen molar-refractivity contribution >= 4 is 17.7 Å². The number of fused-ring (bicyclic) bond motifs is 1. The average molecular weight is 443 g/mol. The lowest BCUT2D eigenvalue weighted by Crippen LogP contribution is -2.42. The molecule has 2 aliphatic rings. The van der Waals surface area contributed by atoms with Gasteiger partial charge in [-0.15, -0.1) is 0 Å². The van der Waals surface area contributed by atoms with Crippen molar-refractivity contribution in [2.24, 2.45) is 0 Å². The molecule has 0 aliphatic carbocycles. The van der Waals surface area contributed by atoms with E-state index in [9.17, 15) is 4.79 Å². The molecule has 0 spiro atoms. The van der Waals surface area contributed by atoms with E-state index in [1.165, 1.54) is 11.1 Å². The molecule has 2 aromatic heterocycles. The summed E-state index contributed by atoms with van der Waals surface area (Å²) in [6, 6.07) is 16.4. The van der Waals surface area contributed by atoms with Crippen LogP contribution in [0.25, 0.3) is 0 Å². The van der Waals surface area contributed by atoms with Crippen LogP contribution < -0.4 is 5.32 Å². The Morgan fingerprint density at radius 2 is 1.79 bits per heavy atom. The van der Waals surface area contributed by atoms with E-state index in [0.29, 0.717) is 18.3 Å². The first-order valence-corrected chi connectivity index (χ1v) is 11.7. The second kappa shape index (κ2) is 9.27. The van der Waals surface area contributed by atoms with Gasteiger partial charge in [-0.25, -0.2) is 15.0 Å². The molecule has 7 nitrogen and oxygen atoms in total. The minimum absolute atomic E-state index is 0.0106. The number of pyridine rings is 1. The summed E-state index contributed by atoms with van der Waals surface area (Å²) >= 11 is 0. The quantitative estimate of drug-likeness (QED) is 0.645. The number of hydrogen-bond acceptors (Lipinski definition) is 6. The van der Waals surface area contributed by atoms with Gasteiger partial charge in [0, 0.05) is 31.0 Å². The van der Waals surface area contributed by atoms with Crippen molar-refractivity contribution in [3.8, 4) is 0 Å². The predicted octanol–water partition coefficient (Wildman–Crippen LogP) is 3.95. The molecule has 5 rings (SSSR count). The summed E-state index contributed by atoms with van der Waals surface area (Å²) in [7, 11) is 0. The Hall–Kier alpha value is -3.32. The Balaban J connectivity index is 1.27. The molecule has 1 unspecified atom stereocenters. The van der Waals surface area contributed by atoms with Gasteiger partial charge in [0.1, 0.15) is 5.82 Å². The second-order valence-corrected chi connectivity index (χ2v) is 9.02. The molecule has 33 heavy (non-hydrogen) atoms. The monoisotopic (exact) mass is 442 g/mol. The van der Waals surface area contributed by atoms with E-state index in [-0.39, 0.29) is 11.9 Å². The maximum atomic E-state index is 13.3. The molecule has 3 aromatic rings. The van der Waals surface area contributed by atoms with E-state index < -0.39 is 0 Å². The van der Waals surface area contributed by atoms with Crippen molar-refractivity contribution in [2.45, 2.75) is 45.7 Å². The highest BCUT2D eigenvalue weighted by atomic mass is 16.2. The van der Waals surface area contributed by atoms with Gasteiger partial charge in [0.25, 0.3) is 0 Å². The van der Waals surface area contributed by atoms with Crippen molar-refractivity contribution in [1.82, 2.24) is 24.8 Å². The third-order valence-corrected chi connectivity index (χ3v) is 6.48. The molecule has 0 bridgehead atoms. The highest BCUT2D eigenvalue weighted by Crippen LogP contribution is 2.32. The van der Waals surface area contributed by atoms with Crippen LogP contribution in [0.15, 0.2) is 48.5 Å². The number of aromatic nitrogens is 3. The van der Waals surface area contributed by atoms with Gasteiger partial charge in [0.2, 0.25) is 11.9 Å². The number of carbonyl (C=O) groups excluding carboxylic acids is 1. The number of anilines is 2. The number of nitrogens with one attached hydrogen (secondary N) is 1. The number of aryl methyl sites for hydroxylation is 2. The number of nitrogens with zero attached hydrogens (tertiary/aromatic N) is 5. The van der Waals surface area contributed by atoms with Gasteiger partial charge in [-0.3, -0.25) is 9.69 Å². The van der Waals surface area contributed by atoms with Gasteiger partial charge in [-0.05, 0) is 62.4 Å². The number of rotatable bonds is 5. The summed E-state index contributed by atoms with van der Waals surface area (Å²) in [6.07, 6.45) is 2.94. The number of benzene rings is 1. The molecule has 1 N–H and O–H groups in total. The molecule has 1 fully saturated rings. The maximum Gasteiger partial charge on any atom is 0.237 e. The number of amides is 1. The van der Waals surface area contributed by atoms with Gasteiger partial charge < -0.3 is 10.2 Å². The predicted molar refractivity (Wildman–Crippen MR) is 128 cm³/mol. The normalized spacial score (nSPS) is 18.2. The highest BCUT2D eigenvalue weighted by Gasteiger charge is 2.32. The number of carbonyl (C=O) groups is 1. The second-order valence-electron chi connectivity index (χ2n) is 9.02. The van der Waals surface area contributed by atoms with Crippen molar-refractivity contribution in [3.63, 3.8) is 0 Å². The van der Waals surface area contributed by atoms with E-state index in [1.807, 2.05) is 43.0 Å². The SMILES string of the molecule is Cc1cc(C)nc(Nc2cccc(C3CCCN3C(=O)CN3CCc4ccccc4C3)n2)n1. The summed E-state index contributed by atoms with van der Waals surface area (Å²) in [5.74, 6) is 1.43. The first-order valence-electron chi connectivity index (χ1n) is 11.7. The largest absolute Gasteiger partial charge is 0.333 e. The molecule has 1 saturated heterocycles. The molecule has 7 heteroatoms. The molecule has 170 valence electrons. The molecule has 2 aliphatic heterocycles. The van der Waals surface area contributed by atoms with Gasteiger partial charge >= 0.3 is 0 Å². The Morgan fingerprint density at radius 1 is 1.00 bits per heavy atom. The van der Waals surface area contributed by atoms with E-state index in [0.717, 1.165) is 56.0 Å². The van der Waals surface area contributed by atoms with Crippen molar-refractivity contribution in [1.29, 1.82) is 0 Å². The van der Waals surface area contributed by atoms with Crippen molar-refractivity contribution in [3.05, 3.63) is 76.7 Å². The van der Waals surface area contributed by atoms with Crippen LogP contribution in [0, 0.1) is 13.8 Å². The average Bonchev–Trinajstić information content (AvgIpc) is 3.29. The summed E-state index contributed by atoms with van der Waals surface area (Å²) in [5.41, 5.74) is 5.48. The molecule has 0 saturated carbocycles. The van der Waals surface area contributed by atoms with E-state index in [4.69, 9.17) is 4.98 Å². The van der Waals surface area contributed by atoms with Gasteiger partial charge in [0.15, 0.2) is 0 Å². The lowest BCUT2D eigenvalue weighted by Gasteiger charge is -2.31. The van der Waals surface area contributed by atoms with Crippen LogP contribution in [-0.2, 0) is 17.8 Å². The zero-order valence-corrected chi connectivity index (χ0v) is 19.3. The van der Waals surface area contributed by atoms with Crippen LogP contribution in [0.3, 0.4) is 0 Å². The summed E-state index contributed by atoms with van der Waals surface area (Å²) in [4.78, 5) is 31.3. The molecule has 1 aromatic carbocycles. The molecule has 0 radical (unpaired) electrons. The van der Waals surface area contributed by atoms with E-state index in [1.54, 1.807) is 0 Å². The van der Waals surface area contributed by atoms with E-state index in [2.05, 4.69) is 44.5 Å². The molecule has 4 heterocycles. The minimum atomic E-state index is 0.0106. The molecule has 1 atom stereocenters. The number of likely N-dealkylation sites (tertiary alicyclic amines) is 1. The van der Waals surface area contributed by atoms with Crippen LogP contribution in [0.1, 0.15) is 47.1 Å². The first kappa shape index (κ1) is 21.5. The topological polar surface area (TPSA) is 74.2 Å². The minimum Gasteiger partial charge on any atom is -0.333 e. The summed E-state index contributed by atoms with van der Waals surface area (Å²) in [5, 5.41) is 3.22. The zero-order chi connectivity index (χ0) is 22.8. The third kappa shape index (κ3) is 4.88. The molecular weight excluding hydrogens is 412 g/mol. The zero-order valence-electron chi connectivity index (χ0n) is 19.3. The fraction of sp³-hybridized carbons (Fsp3) is 0.385. The first-order chi connectivity index (χ1) is 16.0. The fourth-order valence-electron chi connectivity index (χ4n) is 4.95. The van der Waals surface area contributed by atoms with Crippen LogP contribution >= 0.6 is 0 Å². The van der Waals surface area contributed by atoms with Crippen LogP contribution in [0.5, 0.6) is 0 Å². The van der Waals surface area contributed by atoms with Gasteiger partial charge in [-0.2, -0.15) is 0 Å². The van der Waals surface area contributed by atoms with Crippen molar-refractivity contribution in [2.75, 3.05) is 25.0 Å². The molecule has 1 amide bonds. The maximum absolute atomic E-state index is 13.3. The Bertz CT molecular complexity index is 1140. The van der Waals surface area contributed by atoms with E-state index >= 15 is 0 Å². The Kier molecular flexibility index (Phi) is 6.05. The smallest absolute Gasteiger partial charge is 0.237 e. The summed E-state index contributed by atoms with van der Waals surface area (Å²) in [6.45, 7) is 6.91. The fourth-order valence-corrected chi connectivity index (χ4v) is 4.95. The lowest BCUT2D eigenvalue weighted by molar-refractivity contribution is -0.133. The van der Waals surface area contributed by atoms with Crippen LogP contribution in [0.2, 0.25) is 0 Å². The van der Waals surface area contributed by atoms with Gasteiger partial charge in [0.05, 0.1) is 18.3 Å². The van der Waals surface area contributed by atoms with Crippen LogP contribution in [-0.4, -0.2) is 50.3 Å². The Morgan fingerprint density at radius 3 is 2.61 bits per heavy atom. The lowest BCUT2D eigenvalue weighted by atomic mass is 10.00. The van der Waals surface area contributed by atoms with Gasteiger partial charge in [-0.1, -0.05) is 30.3 Å².